The van der Waals surface area contributed by atoms with Crippen molar-refractivity contribution in [3.63, 3.8) is 0 Å². The monoisotopic (exact) mass is 266 g/mol. The summed E-state index contributed by atoms with van der Waals surface area (Å²) in [5.41, 5.74) is -0.666. The largest absolute Gasteiger partial charge is 0.325 e. The van der Waals surface area contributed by atoms with Crippen LogP contribution in [0.15, 0.2) is 0 Å². The summed E-state index contributed by atoms with van der Waals surface area (Å²) in [6, 6.07) is -0.215. The predicted molar refractivity (Wildman–Crippen MR) is 70.8 cm³/mol. The number of hydrogen-bond donors (Lipinski definition) is 2. The van der Waals surface area contributed by atoms with E-state index in [1.807, 2.05) is 0 Å². The molecule has 0 aromatic carbocycles. The summed E-state index contributed by atoms with van der Waals surface area (Å²) in [5.74, 6) is -0.0381. The van der Waals surface area contributed by atoms with E-state index in [1.54, 1.807) is 0 Å². The molecule has 0 bridgehead atoms. The number of hydrogen-bond acceptors (Lipinski definition) is 4. The van der Waals surface area contributed by atoms with Crippen LogP contribution in [0.3, 0.4) is 0 Å². The van der Waals surface area contributed by atoms with Crippen molar-refractivity contribution >= 4 is 11.9 Å². The molecule has 0 aromatic heterocycles. The van der Waals surface area contributed by atoms with E-state index in [4.69, 9.17) is 0 Å². The molecule has 0 aliphatic carbocycles. The molecule has 19 heavy (non-hydrogen) atoms. The minimum Gasteiger partial charge on any atom is -0.322 e. The molecule has 3 amide bonds. The van der Waals surface area contributed by atoms with E-state index in [2.05, 4.69) is 15.5 Å². The van der Waals surface area contributed by atoms with Crippen molar-refractivity contribution in [3.8, 4) is 0 Å². The number of rotatable bonds is 3. The van der Waals surface area contributed by atoms with Crippen molar-refractivity contribution in [1.29, 1.82) is 0 Å². The lowest BCUT2D eigenvalue weighted by molar-refractivity contribution is -0.132. The number of imide groups is 1. The van der Waals surface area contributed by atoms with E-state index >= 15 is 0 Å². The van der Waals surface area contributed by atoms with Crippen molar-refractivity contribution in [2.75, 3.05) is 39.3 Å². The molecule has 3 aliphatic rings. The molecule has 6 heteroatoms. The number of nitrogens with zero attached hydrogens (tertiary/aromatic N) is 2. The fourth-order valence-electron chi connectivity index (χ4n) is 3.32. The van der Waals surface area contributed by atoms with Gasteiger partial charge in [-0.1, -0.05) is 0 Å². The van der Waals surface area contributed by atoms with Crippen molar-refractivity contribution in [3.05, 3.63) is 0 Å². The first kappa shape index (κ1) is 12.9. The molecule has 0 radical (unpaired) electrons. The fourth-order valence-corrected chi connectivity index (χ4v) is 3.32. The van der Waals surface area contributed by atoms with Crippen LogP contribution < -0.4 is 10.6 Å². The van der Waals surface area contributed by atoms with E-state index < -0.39 is 5.54 Å². The van der Waals surface area contributed by atoms with E-state index in [9.17, 15) is 9.59 Å². The highest BCUT2D eigenvalue weighted by molar-refractivity contribution is 6.07. The number of piperidine rings is 1. The van der Waals surface area contributed by atoms with Crippen molar-refractivity contribution in [2.24, 2.45) is 0 Å². The average molecular weight is 266 g/mol. The maximum Gasteiger partial charge on any atom is 0.325 e. The Morgan fingerprint density at radius 3 is 2.58 bits per heavy atom. The summed E-state index contributed by atoms with van der Waals surface area (Å²) in [4.78, 5) is 28.2. The quantitative estimate of drug-likeness (QED) is 0.692. The summed E-state index contributed by atoms with van der Waals surface area (Å²) in [6.07, 6.45) is 4.15. The fraction of sp³-hybridized carbons (Fsp3) is 0.846. The summed E-state index contributed by atoms with van der Waals surface area (Å²) in [6.45, 7) is 5.01. The second kappa shape index (κ2) is 5.09. The Labute approximate surface area is 113 Å². The zero-order chi connectivity index (χ0) is 13.3. The molecule has 3 heterocycles. The minimum atomic E-state index is -0.666. The zero-order valence-corrected chi connectivity index (χ0v) is 11.3. The highest BCUT2D eigenvalue weighted by Crippen LogP contribution is 2.25. The molecular formula is C13H22N4O2. The first-order valence-electron chi connectivity index (χ1n) is 7.28. The highest BCUT2D eigenvalue weighted by Gasteiger charge is 2.51. The SMILES string of the molecule is O=C1NC2(CCCNC2)C(=O)N1CCN1CCCC1. The van der Waals surface area contributed by atoms with Crippen LogP contribution in [0.5, 0.6) is 0 Å². The summed E-state index contributed by atoms with van der Waals surface area (Å²) in [5, 5.41) is 6.11. The van der Waals surface area contributed by atoms with Crippen LogP contribution in [0.1, 0.15) is 25.7 Å². The number of likely N-dealkylation sites (tertiary alicyclic amines) is 1. The predicted octanol–water partition coefficient (Wildman–Crippen LogP) is -0.244. The number of amides is 3. The molecule has 106 valence electrons. The molecule has 3 aliphatic heterocycles. The molecule has 3 fully saturated rings. The van der Waals surface area contributed by atoms with Crippen LogP contribution in [0.4, 0.5) is 4.79 Å². The molecule has 1 unspecified atom stereocenters. The van der Waals surface area contributed by atoms with E-state index in [0.717, 1.165) is 39.0 Å². The number of nitrogens with one attached hydrogen (secondary N) is 2. The molecule has 0 saturated carbocycles. The van der Waals surface area contributed by atoms with Gasteiger partial charge in [-0.2, -0.15) is 0 Å². The van der Waals surface area contributed by atoms with E-state index in [0.29, 0.717) is 13.1 Å². The van der Waals surface area contributed by atoms with Gasteiger partial charge >= 0.3 is 6.03 Å². The van der Waals surface area contributed by atoms with E-state index in [-0.39, 0.29) is 11.9 Å². The van der Waals surface area contributed by atoms with Gasteiger partial charge in [0.2, 0.25) is 0 Å². The highest BCUT2D eigenvalue weighted by atomic mass is 16.2. The minimum absolute atomic E-state index is 0.0381. The second-order valence-corrected chi connectivity index (χ2v) is 5.80. The smallest absolute Gasteiger partial charge is 0.322 e. The Kier molecular flexibility index (Phi) is 3.45. The average Bonchev–Trinajstić information content (AvgIpc) is 2.99. The second-order valence-electron chi connectivity index (χ2n) is 5.80. The normalized spacial score (nSPS) is 32.3. The number of carbonyl (C=O) groups is 2. The van der Waals surface area contributed by atoms with Gasteiger partial charge in [0, 0.05) is 19.6 Å². The van der Waals surface area contributed by atoms with Gasteiger partial charge in [-0.05, 0) is 45.3 Å². The Morgan fingerprint density at radius 1 is 1.11 bits per heavy atom. The summed E-state index contributed by atoms with van der Waals surface area (Å²) >= 11 is 0. The lowest BCUT2D eigenvalue weighted by Gasteiger charge is -2.31. The lowest BCUT2D eigenvalue weighted by Crippen LogP contribution is -2.57. The summed E-state index contributed by atoms with van der Waals surface area (Å²) in [7, 11) is 0. The third-order valence-electron chi connectivity index (χ3n) is 4.47. The van der Waals surface area contributed by atoms with Gasteiger partial charge in [0.15, 0.2) is 0 Å². The third kappa shape index (κ3) is 2.34. The number of urea groups is 1. The van der Waals surface area contributed by atoms with Crippen LogP contribution in [0.2, 0.25) is 0 Å². The lowest BCUT2D eigenvalue weighted by atomic mass is 9.90. The van der Waals surface area contributed by atoms with Crippen LogP contribution >= 0.6 is 0 Å². The Hall–Kier alpha value is -1.14. The van der Waals surface area contributed by atoms with Gasteiger partial charge in [-0.25, -0.2) is 4.79 Å². The molecule has 3 rings (SSSR count). The maximum atomic E-state index is 12.5. The molecule has 6 nitrogen and oxygen atoms in total. The van der Waals surface area contributed by atoms with Gasteiger partial charge in [-0.15, -0.1) is 0 Å². The molecule has 0 aromatic rings. The molecule has 3 saturated heterocycles. The molecule has 1 atom stereocenters. The number of carbonyl (C=O) groups excluding carboxylic acids is 2. The van der Waals surface area contributed by atoms with Crippen molar-refractivity contribution in [1.82, 2.24) is 20.4 Å². The Balaban J connectivity index is 1.61. The topological polar surface area (TPSA) is 64.7 Å². The van der Waals surface area contributed by atoms with E-state index in [1.165, 1.54) is 17.7 Å². The zero-order valence-electron chi connectivity index (χ0n) is 11.3. The molecule has 2 N–H and O–H groups in total. The van der Waals surface area contributed by atoms with Gasteiger partial charge < -0.3 is 15.5 Å². The van der Waals surface area contributed by atoms with Crippen LogP contribution in [-0.4, -0.2) is 66.5 Å². The summed E-state index contributed by atoms with van der Waals surface area (Å²) < 4.78 is 0. The van der Waals surface area contributed by atoms with Gasteiger partial charge in [0.25, 0.3) is 5.91 Å². The first-order valence-corrected chi connectivity index (χ1v) is 7.28. The van der Waals surface area contributed by atoms with Crippen LogP contribution in [-0.2, 0) is 4.79 Å². The molecular weight excluding hydrogens is 244 g/mol. The van der Waals surface area contributed by atoms with Crippen LogP contribution in [0, 0.1) is 0 Å². The molecule has 1 spiro atoms. The van der Waals surface area contributed by atoms with Gasteiger partial charge in [-0.3, -0.25) is 9.69 Å². The van der Waals surface area contributed by atoms with Gasteiger partial charge in [0.05, 0.1) is 0 Å². The standard InChI is InChI=1S/C13H22N4O2/c18-11-13(4-3-5-14-10-13)15-12(19)17(11)9-8-16-6-1-2-7-16/h14H,1-10H2,(H,15,19). The Morgan fingerprint density at radius 2 is 1.89 bits per heavy atom. The third-order valence-corrected chi connectivity index (χ3v) is 4.47. The van der Waals surface area contributed by atoms with Crippen LogP contribution in [0.25, 0.3) is 0 Å². The maximum absolute atomic E-state index is 12.5. The Bertz CT molecular complexity index is 373. The van der Waals surface area contributed by atoms with Crippen molar-refractivity contribution in [2.45, 2.75) is 31.2 Å². The van der Waals surface area contributed by atoms with Crippen molar-refractivity contribution < 1.29 is 9.59 Å². The first-order chi connectivity index (χ1) is 9.21. The van der Waals surface area contributed by atoms with Gasteiger partial charge in [0.1, 0.15) is 5.54 Å².